The summed E-state index contributed by atoms with van der Waals surface area (Å²) in [5.74, 6) is -12.0. The molecule has 0 aliphatic carbocycles. The normalized spacial score (nSPS) is 16.4. The third-order valence-electron chi connectivity index (χ3n) is 9.53. The van der Waals surface area contributed by atoms with E-state index in [1.807, 2.05) is 16.0 Å². The van der Waals surface area contributed by atoms with Crippen LogP contribution in [0.2, 0.25) is 0 Å². The van der Waals surface area contributed by atoms with Gasteiger partial charge in [0.15, 0.2) is 5.56 Å². The number of alkyl halides is 1. The van der Waals surface area contributed by atoms with Crippen LogP contribution in [0, 0.1) is 0 Å². The van der Waals surface area contributed by atoms with E-state index in [2.05, 4.69) is 21.3 Å². The zero-order chi connectivity index (χ0) is 49.0. The molecule has 15 N–H and O–H groups in total. The number of amides is 9. The van der Waals surface area contributed by atoms with Gasteiger partial charge in [-0.1, -0.05) is 41.9 Å². The molecule has 28 heteroatoms. The minimum atomic E-state index is -2.11. The number of hydrogen-bond donors (Lipinski definition) is 14. The molecule has 0 aromatic heterocycles. The lowest BCUT2D eigenvalue weighted by atomic mass is 10.0. The zero-order valence-corrected chi connectivity index (χ0v) is 35.6. The van der Waals surface area contributed by atoms with Gasteiger partial charge in [-0.15, -0.1) is 0 Å². The molecule has 1 saturated heterocycles. The summed E-state index contributed by atoms with van der Waals surface area (Å²) in [5.41, 5.74) is 4.22. The fourth-order valence-electron chi connectivity index (χ4n) is 6.08. The third kappa shape index (κ3) is 17.5. The second-order valence-electron chi connectivity index (χ2n) is 14.3. The molecule has 1 fully saturated rings. The highest BCUT2D eigenvalue weighted by molar-refractivity contribution is 6.22. The Morgan fingerprint density at radius 2 is 1.22 bits per heavy atom. The fourth-order valence-corrected chi connectivity index (χ4v) is 6.26. The van der Waals surface area contributed by atoms with E-state index >= 15 is 0 Å². The second kappa shape index (κ2) is 27.0. The van der Waals surface area contributed by atoms with E-state index in [1.165, 1.54) is 7.05 Å². The van der Waals surface area contributed by atoms with Gasteiger partial charge in [0.1, 0.15) is 36.3 Å². The first-order chi connectivity index (χ1) is 30.6. The summed E-state index contributed by atoms with van der Waals surface area (Å²) in [7, 11) is 1.27. The molecule has 8 atom stereocenters. The van der Waals surface area contributed by atoms with Crippen LogP contribution >= 0.6 is 11.6 Å². The molecule has 2 rings (SSSR count). The molecule has 0 bridgehead atoms. The highest BCUT2D eigenvalue weighted by Gasteiger charge is 2.41. The maximum absolute atomic E-state index is 13.9. The van der Waals surface area contributed by atoms with Crippen LogP contribution in [0.1, 0.15) is 24.8 Å². The second-order valence-corrected chi connectivity index (χ2v) is 14.8. The molecule has 1 unspecified atom stereocenters. The largest absolute Gasteiger partial charge is 0.481 e. The first-order valence-corrected chi connectivity index (χ1v) is 20.1. The number of rotatable bonds is 26. The highest BCUT2D eigenvalue weighted by Crippen LogP contribution is 2.22. The number of carbonyl (C=O) groups is 11. The molecule has 65 heavy (non-hydrogen) atoms. The van der Waals surface area contributed by atoms with Gasteiger partial charge in [0.2, 0.25) is 53.2 Å². The Balaban J connectivity index is 2.03. The molecule has 1 aliphatic heterocycles. The van der Waals surface area contributed by atoms with Crippen LogP contribution in [0.5, 0.6) is 0 Å². The van der Waals surface area contributed by atoms with Crippen LogP contribution in [0.15, 0.2) is 30.3 Å². The number of aliphatic hydroxyl groups is 4. The van der Waals surface area contributed by atoms with Crippen molar-refractivity contribution in [1.82, 2.24) is 47.0 Å². The molecule has 1 heterocycles. The first kappa shape index (κ1) is 54.6. The molecule has 0 saturated carbocycles. The van der Waals surface area contributed by atoms with E-state index in [-0.39, 0.29) is 19.4 Å². The molecule has 9 amide bonds. The monoisotopic (exact) mass is 944 g/mol. The standard InChI is InChI=1S/C37H53ClN10O17/c1-47(36(63)23-8-5-9-48(23)35(62)19(39)11-28(55)56)24(10-18-6-3-2-4-7-18)33(60)46-29(30(38)57)34(61)42-14-26(53)44-21(16-50)31(58)40-12-25(52)43-20(15-49)32(59)41-13-27(54)45-22(17-51)37(64)65/h2-4,6-7,19-24,29-30,49-51,57H,5,8-17,39H2,1H3,(H,40,58)(H,41,59)(H,42,61)(H,43,52)(H,44,53)(H,45,54)(H,46,60)(H,55,56)(H,64,65)/t19-,20-,21-,22-,23-,24-,29-,30?/m0/s1. The van der Waals surface area contributed by atoms with Gasteiger partial charge in [-0.2, -0.15) is 0 Å². The average Bonchev–Trinajstić information content (AvgIpc) is 3.76. The maximum Gasteiger partial charge on any atom is 0.328 e. The van der Waals surface area contributed by atoms with Gasteiger partial charge in [0, 0.05) is 20.0 Å². The van der Waals surface area contributed by atoms with E-state index < -0.39 is 159 Å². The number of likely N-dealkylation sites (N-methyl/N-ethyl adjacent to an activating group) is 1. The van der Waals surface area contributed by atoms with Gasteiger partial charge < -0.3 is 83.4 Å². The minimum absolute atomic E-state index is 0.0921. The number of benzene rings is 1. The van der Waals surface area contributed by atoms with E-state index in [1.54, 1.807) is 30.3 Å². The van der Waals surface area contributed by atoms with Gasteiger partial charge >= 0.3 is 11.9 Å². The SMILES string of the molecule is CN(C(=O)[C@@H]1CCCN1C(=O)[C@@H](N)CC(=O)O)[C@@H](Cc1ccccc1)C(=O)N[C@H](C(=O)NCC(=O)N[C@@H](CO)C(=O)NCC(=O)N[C@@H](CO)C(=O)NCC(=O)N[C@@H](CO)C(=O)O)C(O)Cl. The highest BCUT2D eigenvalue weighted by atomic mass is 35.5. The van der Waals surface area contributed by atoms with Gasteiger partial charge in [-0.3, -0.25) is 47.9 Å². The molecule has 1 aromatic rings. The summed E-state index contributed by atoms with van der Waals surface area (Å²) < 4.78 is 0. The van der Waals surface area contributed by atoms with Crippen molar-refractivity contribution < 1.29 is 83.4 Å². The van der Waals surface area contributed by atoms with Crippen molar-refractivity contribution in [1.29, 1.82) is 0 Å². The fraction of sp³-hybridized carbons (Fsp3) is 0.541. The topological polar surface area (TPSA) is 426 Å². The minimum Gasteiger partial charge on any atom is -0.481 e. The van der Waals surface area contributed by atoms with Crippen molar-refractivity contribution in [3.05, 3.63) is 35.9 Å². The van der Waals surface area contributed by atoms with Crippen LogP contribution in [0.25, 0.3) is 0 Å². The Hall–Kier alpha value is -6.52. The van der Waals surface area contributed by atoms with Crippen LogP contribution in [0.3, 0.4) is 0 Å². The van der Waals surface area contributed by atoms with Crippen LogP contribution in [0.4, 0.5) is 0 Å². The van der Waals surface area contributed by atoms with Crippen molar-refractivity contribution in [2.75, 3.05) is 53.0 Å². The lowest BCUT2D eigenvalue weighted by Crippen LogP contribution is -2.60. The van der Waals surface area contributed by atoms with E-state index in [9.17, 15) is 68.1 Å². The summed E-state index contributed by atoms with van der Waals surface area (Å²) in [6, 6.07) is -2.62. The number of aliphatic carboxylic acids is 2. The molecule has 1 aromatic carbocycles. The molecular formula is C37H53ClN10O17. The Labute approximate surface area is 374 Å². The maximum atomic E-state index is 13.9. The number of carbonyl (C=O) groups excluding carboxylic acids is 9. The summed E-state index contributed by atoms with van der Waals surface area (Å²) in [6.07, 6.45) is -0.291. The molecule has 27 nitrogen and oxygen atoms in total. The quantitative estimate of drug-likeness (QED) is 0.0384. The Bertz CT molecular complexity index is 1890. The lowest BCUT2D eigenvalue weighted by Gasteiger charge is -2.34. The summed E-state index contributed by atoms with van der Waals surface area (Å²) in [4.78, 5) is 140. The van der Waals surface area contributed by atoms with Crippen LogP contribution in [-0.2, 0) is 59.2 Å². The summed E-state index contributed by atoms with van der Waals surface area (Å²) >= 11 is 5.86. The molecule has 0 spiro atoms. The first-order valence-electron chi connectivity index (χ1n) is 19.6. The van der Waals surface area contributed by atoms with Crippen molar-refractivity contribution in [3.8, 4) is 0 Å². The molecule has 0 radical (unpaired) electrons. The van der Waals surface area contributed by atoms with Crippen molar-refractivity contribution in [3.63, 3.8) is 0 Å². The van der Waals surface area contributed by atoms with E-state index in [0.29, 0.717) is 12.0 Å². The van der Waals surface area contributed by atoms with Gasteiger partial charge in [0.25, 0.3) is 0 Å². The van der Waals surface area contributed by atoms with Crippen LogP contribution < -0.4 is 43.0 Å². The van der Waals surface area contributed by atoms with Crippen molar-refractivity contribution in [2.45, 2.75) is 73.5 Å². The third-order valence-corrected chi connectivity index (χ3v) is 9.78. The number of halogens is 1. The number of aliphatic hydroxyl groups excluding tert-OH is 4. The van der Waals surface area contributed by atoms with E-state index in [4.69, 9.17) is 32.7 Å². The molecule has 1 aliphatic rings. The lowest BCUT2D eigenvalue weighted by molar-refractivity contribution is -0.148. The summed E-state index contributed by atoms with van der Waals surface area (Å²) in [6.45, 7) is -5.48. The van der Waals surface area contributed by atoms with E-state index in [0.717, 1.165) is 9.80 Å². The number of nitrogens with zero attached hydrogens (tertiary/aromatic N) is 2. The smallest absolute Gasteiger partial charge is 0.328 e. The average molecular weight is 945 g/mol. The van der Waals surface area contributed by atoms with Gasteiger partial charge in [-0.25, -0.2) is 4.79 Å². The molecular weight excluding hydrogens is 892 g/mol. The molecule has 360 valence electrons. The number of hydrogen-bond acceptors (Lipinski definition) is 16. The number of likely N-dealkylation sites (tertiary alicyclic amines) is 1. The number of nitrogens with one attached hydrogen (secondary N) is 7. The number of nitrogens with two attached hydrogens (primary N) is 1. The summed E-state index contributed by atoms with van der Waals surface area (Å²) in [5, 5.41) is 70.9. The zero-order valence-electron chi connectivity index (χ0n) is 34.8. The Morgan fingerprint density at radius 3 is 1.66 bits per heavy atom. The predicted molar refractivity (Wildman–Crippen MR) is 219 cm³/mol. The number of carboxylic acid groups (broad SMARTS) is 2. The van der Waals surface area contributed by atoms with Gasteiger partial charge in [0.05, 0.1) is 51.9 Å². The Morgan fingerprint density at radius 1 is 0.738 bits per heavy atom. The van der Waals surface area contributed by atoms with Crippen molar-refractivity contribution in [2.24, 2.45) is 5.73 Å². The predicted octanol–water partition coefficient (Wildman–Crippen LogP) is -8.24. The van der Waals surface area contributed by atoms with Crippen LogP contribution in [-0.4, -0.2) is 206 Å². The van der Waals surface area contributed by atoms with Gasteiger partial charge in [-0.05, 0) is 18.4 Å². The Kier molecular flexibility index (Phi) is 22.6. The van der Waals surface area contributed by atoms with Crippen molar-refractivity contribution >= 4 is 76.7 Å². The number of carboxylic acids is 2.